The Kier molecular flexibility index (Phi) is 3.90. The van der Waals surface area contributed by atoms with E-state index in [0.29, 0.717) is 6.04 Å². The van der Waals surface area contributed by atoms with Crippen LogP contribution in [0, 0.1) is 0 Å². The summed E-state index contributed by atoms with van der Waals surface area (Å²) < 4.78 is 0. The van der Waals surface area contributed by atoms with E-state index in [4.69, 9.17) is 0 Å². The molecule has 0 amide bonds. The zero-order valence-corrected chi connectivity index (χ0v) is 8.67. The third kappa shape index (κ3) is 3.15. The fraction of sp³-hybridized carbons (Fsp3) is 0.545. The van der Waals surface area contributed by atoms with Crippen LogP contribution >= 0.6 is 0 Å². The van der Waals surface area contributed by atoms with Crippen molar-refractivity contribution in [3.05, 3.63) is 29.6 Å². The molecule has 0 radical (unpaired) electrons. The number of pyridine rings is 1. The molecule has 1 rings (SSSR count). The first-order chi connectivity index (χ1) is 6.24. The third-order valence-corrected chi connectivity index (χ3v) is 2.04. The second kappa shape index (κ2) is 4.97. The number of nitrogens with zero attached hydrogens (tertiary/aromatic N) is 1. The topological polar surface area (TPSA) is 24.9 Å². The van der Waals surface area contributed by atoms with E-state index < -0.39 is 0 Å². The smallest absolute Gasteiger partial charge is 0.0573 e. The molecule has 0 aliphatic carbocycles. The molecule has 0 fully saturated rings. The van der Waals surface area contributed by atoms with Gasteiger partial charge >= 0.3 is 0 Å². The van der Waals surface area contributed by atoms with Crippen LogP contribution in [-0.4, -0.2) is 11.0 Å². The van der Waals surface area contributed by atoms with Gasteiger partial charge in [-0.3, -0.25) is 4.98 Å². The summed E-state index contributed by atoms with van der Waals surface area (Å²) in [5.41, 5.74) is 2.52. The number of aryl methyl sites for hydroxylation is 1. The van der Waals surface area contributed by atoms with Gasteiger partial charge in [-0.25, -0.2) is 0 Å². The quantitative estimate of drug-likeness (QED) is 0.764. The molecule has 13 heavy (non-hydrogen) atoms. The van der Waals surface area contributed by atoms with E-state index in [1.165, 1.54) is 11.3 Å². The molecule has 1 aromatic heterocycles. The van der Waals surface area contributed by atoms with E-state index in [1.807, 2.05) is 12.3 Å². The van der Waals surface area contributed by atoms with Gasteiger partial charge in [-0.05, 0) is 18.1 Å². The molecule has 0 aliphatic heterocycles. The SMILES string of the molecule is CCc1cccnc1CNC(C)C. The predicted octanol–water partition coefficient (Wildman–Crippen LogP) is 2.14. The van der Waals surface area contributed by atoms with Gasteiger partial charge in [0.05, 0.1) is 5.69 Å². The summed E-state index contributed by atoms with van der Waals surface area (Å²) >= 11 is 0. The second-order valence-corrected chi connectivity index (χ2v) is 3.50. The van der Waals surface area contributed by atoms with Gasteiger partial charge in [-0.1, -0.05) is 26.8 Å². The van der Waals surface area contributed by atoms with Gasteiger partial charge in [0.1, 0.15) is 0 Å². The largest absolute Gasteiger partial charge is 0.309 e. The number of nitrogens with one attached hydrogen (secondary N) is 1. The summed E-state index contributed by atoms with van der Waals surface area (Å²) in [6.07, 6.45) is 2.92. The van der Waals surface area contributed by atoms with E-state index in [0.717, 1.165) is 13.0 Å². The summed E-state index contributed by atoms with van der Waals surface area (Å²) in [7, 11) is 0. The summed E-state index contributed by atoms with van der Waals surface area (Å²) in [5, 5.41) is 3.37. The fourth-order valence-corrected chi connectivity index (χ4v) is 1.25. The lowest BCUT2D eigenvalue weighted by Crippen LogP contribution is -2.23. The molecule has 1 aromatic rings. The Hall–Kier alpha value is -0.890. The van der Waals surface area contributed by atoms with Crippen LogP contribution in [0.5, 0.6) is 0 Å². The maximum atomic E-state index is 4.36. The van der Waals surface area contributed by atoms with Crippen molar-refractivity contribution in [3.63, 3.8) is 0 Å². The van der Waals surface area contributed by atoms with E-state index in [2.05, 4.69) is 37.1 Å². The highest BCUT2D eigenvalue weighted by molar-refractivity contribution is 5.19. The molecule has 0 spiro atoms. The van der Waals surface area contributed by atoms with Crippen molar-refractivity contribution in [3.8, 4) is 0 Å². The molecule has 72 valence electrons. The Labute approximate surface area is 80.4 Å². The van der Waals surface area contributed by atoms with Gasteiger partial charge < -0.3 is 5.32 Å². The molecule has 0 saturated heterocycles. The van der Waals surface area contributed by atoms with Gasteiger partial charge in [0, 0.05) is 18.8 Å². The summed E-state index contributed by atoms with van der Waals surface area (Å²) in [4.78, 5) is 4.36. The van der Waals surface area contributed by atoms with Crippen molar-refractivity contribution in [2.24, 2.45) is 0 Å². The zero-order chi connectivity index (χ0) is 9.68. The molecule has 0 bridgehead atoms. The number of hydrogen-bond donors (Lipinski definition) is 1. The van der Waals surface area contributed by atoms with Gasteiger partial charge in [0.15, 0.2) is 0 Å². The van der Waals surface area contributed by atoms with Gasteiger partial charge in [-0.15, -0.1) is 0 Å². The van der Waals surface area contributed by atoms with Crippen molar-refractivity contribution in [2.45, 2.75) is 39.8 Å². The monoisotopic (exact) mass is 178 g/mol. The average Bonchev–Trinajstić information content (AvgIpc) is 2.15. The van der Waals surface area contributed by atoms with Crippen LogP contribution in [-0.2, 0) is 13.0 Å². The minimum Gasteiger partial charge on any atom is -0.309 e. The molecule has 0 atom stereocenters. The van der Waals surface area contributed by atoms with Crippen molar-refractivity contribution in [1.82, 2.24) is 10.3 Å². The van der Waals surface area contributed by atoms with E-state index in [9.17, 15) is 0 Å². The molecule has 1 N–H and O–H groups in total. The maximum absolute atomic E-state index is 4.36. The van der Waals surface area contributed by atoms with Crippen LogP contribution in [0.3, 0.4) is 0 Å². The lowest BCUT2D eigenvalue weighted by molar-refractivity contribution is 0.578. The van der Waals surface area contributed by atoms with Crippen LogP contribution in [0.15, 0.2) is 18.3 Å². The minimum absolute atomic E-state index is 0.520. The van der Waals surface area contributed by atoms with E-state index >= 15 is 0 Å². The summed E-state index contributed by atoms with van der Waals surface area (Å²) in [5.74, 6) is 0. The standard InChI is InChI=1S/C11H18N2/c1-4-10-6-5-7-12-11(10)8-13-9(2)3/h5-7,9,13H,4,8H2,1-3H3. The van der Waals surface area contributed by atoms with Crippen molar-refractivity contribution in [1.29, 1.82) is 0 Å². The molecule has 1 heterocycles. The number of aromatic nitrogens is 1. The molecular formula is C11H18N2. The predicted molar refractivity (Wildman–Crippen MR) is 55.6 cm³/mol. The summed E-state index contributed by atoms with van der Waals surface area (Å²) in [6, 6.07) is 4.66. The minimum atomic E-state index is 0.520. The average molecular weight is 178 g/mol. The first-order valence-corrected chi connectivity index (χ1v) is 4.90. The molecule has 0 aliphatic rings. The molecule has 2 heteroatoms. The van der Waals surface area contributed by atoms with Crippen molar-refractivity contribution >= 4 is 0 Å². The number of rotatable bonds is 4. The summed E-state index contributed by atoms with van der Waals surface area (Å²) in [6.45, 7) is 7.33. The van der Waals surface area contributed by atoms with Gasteiger partial charge in [0.2, 0.25) is 0 Å². The van der Waals surface area contributed by atoms with Crippen LogP contribution < -0.4 is 5.32 Å². The Morgan fingerprint density at radius 3 is 2.85 bits per heavy atom. The maximum Gasteiger partial charge on any atom is 0.0573 e. The Bertz CT molecular complexity index is 256. The highest BCUT2D eigenvalue weighted by Gasteiger charge is 2.01. The Morgan fingerprint density at radius 1 is 1.46 bits per heavy atom. The zero-order valence-electron chi connectivity index (χ0n) is 8.67. The Balaban J connectivity index is 2.64. The van der Waals surface area contributed by atoms with Crippen LogP contribution in [0.1, 0.15) is 32.0 Å². The van der Waals surface area contributed by atoms with E-state index in [-0.39, 0.29) is 0 Å². The molecule has 0 saturated carbocycles. The molecular weight excluding hydrogens is 160 g/mol. The fourth-order valence-electron chi connectivity index (χ4n) is 1.25. The third-order valence-electron chi connectivity index (χ3n) is 2.04. The van der Waals surface area contributed by atoms with Crippen molar-refractivity contribution in [2.75, 3.05) is 0 Å². The normalized spacial score (nSPS) is 10.8. The van der Waals surface area contributed by atoms with E-state index in [1.54, 1.807) is 0 Å². The van der Waals surface area contributed by atoms with Crippen molar-refractivity contribution < 1.29 is 0 Å². The highest BCUT2D eigenvalue weighted by Crippen LogP contribution is 2.05. The lowest BCUT2D eigenvalue weighted by Gasteiger charge is -2.10. The first-order valence-electron chi connectivity index (χ1n) is 4.90. The van der Waals surface area contributed by atoms with Crippen LogP contribution in [0.25, 0.3) is 0 Å². The Morgan fingerprint density at radius 2 is 2.23 bits per heavy atom. The highest BCUT2D eigenvalue weighted by atomic mass is 14.9. The van der Waals surface area contributed by atoms with Crippen LogP contribution in [0.2, 0.25) is 0 Å². The second-order valence-electron chi connectivity index (χ2n) is 3.50. The van der Waals surface area contributed by atoms with Gasteiger partial charge in [-0.2, -0.15) is 0 Å². The number of hydrogen-bond acceptors (Lipinski definition) is 2. The van der Waals surface area contributed by atoms with Gasteiger partial charge in [0.25, 0.3) is 0 Å². The first kappa shape index (κ1) is 10.2. The lowest BCUT2D eigenvalue weighted by atomic mass is 10.1. The molecule has 2 nitrogen and oxygen atoms in total. The van der Waals surface area contributed by atoms with Crippen LogP contribution in [0.4, 0.5) is 0 Å². The molecule has 0 aromatic carbocycles. The molecule has 0 unspecified atom stereocenters.